The number of thioether (sulfide) groups is 1. The Kier molecular flexibility index (Phi) is 3.89. The maximum Gasteiger partial charge on any atom is 0.231 e. The average molecular weight is 305 g/mol. The SMILES string of the molecule is Cn1c(SCC(=O)NC2(C#N)CCCC2)nnc1C1CC1. The predicted molar refractivity (Wildman–Crippen MR) is 78.7 cm³/mol. The van der Waals surface area contributed by atoms with E-state index in [1.807, 2.05) is 11.6 Å². The molecule has 112 valence electrons. The van der Waals surface area contributed by atoms with E-state index in [9.17, 15) is 10.1 Å². The number of hydrogen-bond acceptors (Lipinski definition) is 5. The van der Waals surface area contributed by atoms with Crippen LogP contribution in [-0.4, -0.2) is 32.0 Å². The third-order valence-electron chi connectivity index (χ3n) is 4.19. The summed E-state index contributed by atoms with van der Waals surface area (Å²) in [5, 5.41) is 21.3. The molecule has 21 heavy (non-hydrogen) atoms. The number of aromatic nitrogens is 3. The molecule has 1 N–H and O–H groups in total. The molecular weight excluding hydrogens is 286 g/mol. The van der Waals surface area contributed by atoms with Crippen molar-refractivity contribution in [3.05, 3.63) is 5.82 Å². The number of nitriles is 1. The van der Waals surface area contributed by atoms with Gasteiger partial charge in [-0.05, 0) is 38.5 Å². The van der Waals surface area contributed by atoms with Crippen molar-refractivity contribution in [1.29, 1.82) is 5.26 Å². The highest BCUT2D eigenvalue weighted by atomic mass is 32.2. The number of nitrogens with one attached hydrogen (secondary N) is 1. The van der Waals surface area contributed by atoms with Crippen LogP contribution in [0.3, 0.4) is 0 Å². The van der Waals surface area contributed by atoms with Crippen LogP contribution in [-0.2, 0) is 11.8 Å². The summed E-state index contributed by atoms with van der Waals surface area (Å²) in [4.78, 5) is 12.1. The molecule has 1 heterocycles. The second-order valence-electron chi connectivity index (χ2n) is 5.91. The van der Waals surface area contributed by atoms with Gasteiger partial charge in [-0.15, -0.1) is 10.2 Å². The van der Waals surface area contributed by atoms with Crippen molar-refractivity contribution in [2.24, 2.45) is 7.05 Å². The molecule has 0 unspecified atom stereocenters. The van der Waals surface area contributed by atoms with Gasteiger partial charge in [-0.25, -0.2) is 0 Å². The minimum atomic E-state index is -0.642. The van der Waals surface area contributed by atoms with Crippen LogP contribution in [0.15, 0.2) is 5.16 Å². The number of rotatable bonds is 5. The van der Waals surface area contributed by atoms with Gasteiger partial charge in [0.15, 0.2) is 5.16 Å². The standard InChI is InChI=1S/C14H19N5OS/c1-19-12(10-4-5-10)17-18-13(19)21-8-11(20)16-14(9-15)6-2-3-7-14/h10H,2-8H2,1H3,(H,16,20). The fourth-order valence-electron chi connectivity index (χ4n) is 2.83. The van der Waals surface area contributed by atoms with Crippen LogP contribution in [0.2, 0.25) is 0 Å². The Hall–Kier alpha value is -1.55. The lowest BCUT2D eigenvalue weighted by Gasteiger charge is -2.21. The Morgan fingerprint density at radius 2 is 2.19 bits per heavy atom. The van der Waals surface area contributed by atoms with Crippen molar-refractivity contribution in [3.63, 3.8) is 0 Å². The Labute approximate surface area is 128 Å². The van der Waals surface area contributed by atoms with Crippen molar-refractivity contribution in [2.75, 3.05) is 5.75 Å². The van der Waals surface area contributed by atoms with Gasteiger partial charge >= 0.3 is 0 Å². The van der Waals surface area contributed by atoms with Crippen LogP contribution in [0, 0.1) is 11.3 Å². The zero-order valence-electron chi connectivity index (χ0n) is 12.1. The molecular formula is C14H19N5OS. The first-order valence-electron chi connectivity index (χ1n) is 7.38. The van der Waals surface area contributed by atoms with Crippen LogP contribution in [0.4, 0.5) is 0 Å². The van der Waals surface area contributed by atoms with Gasteiger partial charge in [0.2, 0.25) is 5.91 Å². The third kappa shape index (κ3) is 3.05. The molecule has 1 aromatic heterocycles. The lowest BCUT2D eigenvalue weighted by Crippen LogP contribution is -2.45. The van der Waals surface area contributed by atoms with E-state index in [1.165, 1.54) is 24.6 Å². The summed E-state index contributed by atoms with van der Waals surface area (Å²) >= 11 is 1.38. The average Bonchev–Trinajstić information content (AvgIpc) is 3.10. The van der Waals surface area contributed by atoms with Crippen LogP contribution >= 0.6 is 11.8 Å². The van der Waals surface area contributed by atoms with E-state index < -0.39 is 5.54 Å². The van der Waals surface area contributed by atoms with Gasteiger partial charge < -0.3 is 9.88 Å². The summed E-state index contributed by atoms with van der Waals surface area (Å²) in [6, 6.07) is 2.27. The topological polar surface area (TPSA) is 83.6 Å². The molecule has 3 rings (SSSR count). The van der Waals surface area contributed by atoms with Gasteiger partial charge in [-0.3, -0.25) is 4.79 Å². The Morgan fingerprint density at radius 3 is 2.81 bits per heavy atom. The summed E-state index contributed by atoms with van der Waals surface area (Å²) in [6.45, 7) is 0. The Balaban J connectivity index is 1.55. The smallest absolute Gasteiger partial charge is 0.231 e. The van der Waals surface area contributed by atoms with E-state index in [0.717, 1.165) is 36.7 Å². The first-order valence-corrected chi connectivity index (χ1v) is 8.36. The molecule has 0 radical (unpaired) electrons. The van der Waals surface area contributed by atoms with Gasteiger partial charge in [-0.1, -0.05) is 11.8 Å². The van der Waals surface area contributed by atoms with Crippen LogP contribution < -0.4 is 5.32 Å². The van der Waals surface area contributed by atoms with E-state index in [2.05, 4.69) is 21.6 Å². The zero-order valence-corrected chi connectivity index (χ0v) is 12.9. The molecule has 6 nitrogen and oxygen atoms in total. The fourth-order valence-corrected chi connectivity index (χ4v) is 3.54. The molecule has 0 aromatic carbocycles. The van der Waals surface area contributed by atoms with E-state index in [0.29, 0.717) is 5.92 Å². The van der Waals surface area contributed by atoms with Gasteiger partial charge in [0.25, 0.3) is 0 Å². The highest BCUT2D eigenvalue weighted by Gasteiger charge is 2.35. The maximum atomic E-state index is 12.1. The minimum absolute atomic E-state index is 0.0978. The van der Waals surface area contributed by atoms with Crippen molar-refractivity contribution < 1.29 is 4.79 Å². The molecule has 2 aliphatic rings. The largest absolute Gasteiger partial charge is 0.337 e. The molecule has 2 saturated carbocycles. The Bertz CT molecular complexity index is 581. The number of amides is 1. The monoisotopic (exact) mass is 305 g/mol. The van der Waals surface area contributed by atoms with E-state index in [4.69, 9.17) is 0 Å². The maximum absolute atomic E-state index is 12.1. The molecule has 1 amide bonds. The molecule has 0 aliphatic heterocycles. The van der Waals surface area contributed by atoms with Crippen LogP contribution in [0.1, 0.15) is 50.3 Å². The number of carbonyl (C=O) groups is 1. The number of hydrogen-bond donors (Lipinski definition) is 1. The van der Waals surface area contributed by atoms with E-state index in [-0.39, 0.29) is 11.7 Å². The molecule has 1 aromatic rings. The first-order chi connectivity index (χ1) is 10.1. The summed E-state index contributed by atoms with van der Waals surface area (Å²) in [7, 11) is 1.95. The second-order valence-corrected chi connectivity index (χ2v) is 6.85. The van der Waals surface area contributed by atoms with Gasteiger partial charge in [0.1, 0.15) is 11.4 Å². The third-order valence-corrected chi connectivity index (χ3v) is 5.21. The van der Waals surface area contributed by atoms with Crippen molar-refractivity contribution in [1.82, 2.24) is 20.1 Å². The van der Waals surface area contributed by atoms with Crippen molar-refractivity contribution in [2.45, 2.75) is 55.1 Å². The number of carbonyl (C=O) groups excluding carboxylic acids is 1. The van der Waals surface area contributed by atoms with Crippen molar-refractivity contribution >= 4 is 17.7 Å². The Morgan fingerprint density at radius 1 is 1.48 bits per heavy atom. The lowest BCUT2D eigenvalue weighted by molar-refractivity contribution is -0.119. The molecule has 2 aliphatic carbocycles. The molecule has 0 atom stereocenters. The highest BCUT2D eigenvalue weighted by molar-refractivity contribution is 7.99. The van der Waals surface area contributed by atoms with Gasteiger partial charge in [-0.2, -0.15) is 5.26 Å². The van der Waals surface area contributed by atoms with E-state index in [1.54, 1.807) is 0 Å². The van der Waals surface area contributed by atoms with Crippen LogP contribution in [0.5, 0.6) is 0 Å². The zero-order chi connectivity index (χ0) is 14.9. The molecule has 2 fully saturated rings. The fraction of sp³-hybridized carbons (Fsp3) is 0.714. The van der Waals surface area contributed by atoms with Crippen LogP contribution in [0.25, 0.3) is 0 Å². The van der Waals surface area contributed by atoms with Gasteiger partial charge in [0, 0.05) is 13.0 Å². The minimum Gasteiger partial charge on any atom is -0.337 e. The molecule has 0 saturated heterocycles. The number of nitrogens with zero attached hydrogens (tertiary/aromatic N) is 4. The van der Waals surface area contributed by atoms with Gasteiger partial charge in [0.05, 0.1) is 11.8 Å². The molecule has 0 bridgehead atoms. The summed E-state index contributed by atoms with van der Waals surface area (Å²) in [6.07, 6.45) is 5.90. The van der Waals surface area contributed by atoms with Crippen molar-refractivity contribution in [3.8, 4) is 6.07 Å². The predicted octanol–water partition coefficient (Wildman–Crippen LogP) is 1.74. The molecule has 7 heteroatoms. The molecule has 0 spiro atoms. The normalized spacial score (nSPS) is 20.2. The first kappa shape index (κ1) is 14.4. The summed E-state index contributed by atoms with van der Waals surface area (Å²) in [5.74, 6) is 1.74. The lowest BCUT2D eigenvalue weighted by atomic mass is 10.0. The quantitative estimate of drug-likeness (QED) is 0.838. The van der Waals surface area contributed by atoms with E-state index >= 15 is 0 Å². The summed E-state index contributed by atoms with van der Waals surface area (Å²) < 4.78 is 1.98. The highest BCUT2D eigenvalue weighted by Crippen LogP contribution is 2.39. The second kappa shape index (κ2) is 5.68. The summed E-state index contributed by atoms with van der Waals surface area (Å²) in [5.41, 5.74) is -0.642.